The van der Waals surface area contributed by atoms with Crippen LogP contribution in [-0.4, -0.2) is 30.6 Å². The fourth-order valence-electron chi connectivity index (χ4n) is 2.00. The first kappa shape index (κ1) is 20.8. The van der Waals surface area contributed by atoms with Gasteiger partial charge in [0, 0.05) is 11.4 Å². The number of hydrogen-bond acceptors (Lipinski definition) is 5. The summed E-state index contributed by atoms with van der Waals surface area (Å²) in [5, 5.41) is 2.57. The van der Waals surface area contributed by atoms with E-state index in [2.05, 4.69) is 0 Å². The van der Waals surface area contributed by atoms with Crippen LogP contribution in [0.1, 0.15) is 32.3 Å². The zero-order valence-corrected chi connectivity index (χ0v) is 15.3. The highest BCUT2D eigenvalue weighted by atomic mass is 35.5. The lowest BCUT2D eigenvalue weighted by Crippen LogP contribution is -2.45. The van der Waals surface area contributed by atoms with Gasteiger partial charge in [-0.1, -0.05) is 25.4 Å². The van der Waals surface area contributed by atoms with Crippen molar-refractivity contribution < 1.29 is 23.9 Å². The van der Waals surface area contributed by atoms with Crippen LogP contribution in [0.2, 0.25) is 5.02 Å². The number of aryl methyl sites for hydroxylation is 1. The van der Waals surface area contributed by atoms with E-state index in [-0.39, 0.29) is 12.3 Å². The summed E-state index contributed by atoms with van der Waals surface area (Å²) in [6, 6.07) is 4.31. The molecule has 0 fully saturated rings. The van der Waals surface area contributed by atoms with Crippen molar-refractivity contribution in [2.24, 2.45) is 11.7 Å². The van der Waals surface area contributed by atoms with Crippen LogP contribution in [0.4, 0.5) is 4.79 Å². The first-order valence-electron chi connectivity index (χ1n) is 7.89. The van der Waals surface area contributed by atoms with E-state index in [0.717, 1.165) is 5.56 Å². The third-order valence-electron chi connectivity index (χ3n) is 3.29. The molecule has 0 heterocycles. The summed E-state index contributed by atoms with van der Waals surface area (Å²) in [5.41, 5.74) is 5.80. The number of ether oxygens (including phenoxy) is 2. The molecule has 0 aliphatic rings. The van der Waals surface area contributed by atoms with Crippen LogP contribution in [0, 0.1) is 12.8 Å². The van der Waals surface area contributed by atoms with Crippen molar-refractivity contribution in [3.63, 3.8) is 0 Å². The van der Waals surface area contributed by atoms with E-state index < -0.39 is 24.0 Å². The highest BCUT2D eigenvalue weighted by Crippen LogP contribution is 2.21. The normalized spacial score (nSPS) is 11.7. The molecule has 0 aromatic heterocycles. The lowest BCUT2D eigenvalue weighted by atomic mass is 10.1. The number of esters is 1. The Morgan fingerprint density at radius 1 is 1.28 bits per heavy atom. The third-order valence-corrected chi connectivity index (χ3v) is 3.72. The molecule has 0 aliphatic carbocycles. The summed E-state index contributed by atoms with van der Waals surface area (Å²) in [7, 11) is 0. The summed E-state index contributed by atoms with van der Waals surface area (Å²) in [6.07, 6.45) is -0.567. The Labute approximate surface area is 151 Å². The van der Waals surface area contributed by atoms with Gasteiger partial charge in [-0.05, 0) is 43.0 Å². The van der Waals surface area contributed by atoms with Crippen LogP contribution in [0.15, 0.2) is 18.2 Å². The molecule has 0 saturated heterocycles. The van der Waals surface area contributed by atoms with E-state index in [0.29, 0.717) is 23.8 Å². The smallest absolute Gasteiger partial charge is 0.318 e. The lowest BCUT2D eigenvalue weighted by molar-refractivity contribution is -0.158. The molecule has 1 atom stereocenters. The molecular formula is C17H23ClN2O5. The number of urea groups is 1. The number of imide groups is 1. The van der Waals surface area contributed by atoms with Gasteiger partial charge < -0.3 is 15.2 Å². The Balaban J connectivity index is 2.40. The molecule has 0 aliphatic heterocycles. The molecule has 1 aromatic carbocycles. The molecule has 0 bridgehead atoms. The van der Waals surface area contributed by atoms with Crippen LogP contribution in [0.3, 0.4) is 0 Å². The Bertz CT molecular complexity index is 633. The SMILES string of the molecule is Cc1cc(OCCCC(=O)O[C@H](C(=O)NC(N)=O)C(C)C)ccc1Cl. The van der Waals surface area contributed by atoms with E-state index in [1.807, 2.05) is 18.3 Å². The zero-order valence-electron chi connectivity index (χ0n) is 14.5. The van der Waals surface area contributed by atoms with E-state index in [9.17, 15) is 14.4 Å². The standard InChI is InChI=1S/C17H23ClN2O5/c1-10(2)15(16(22)20-17(19)23)25-14(21)5-4-8-24-12-6-7-13(18)11(3)9-12/h6-7,9-10,15H,4-5,8H2,1-3H3,(H3,19,20,22,23)/t15-/m0/s1. The molecule has 7 nitrogen and oxygen atoms in total. The van der Waals surface area contributed by atoms with Gasteiger partial charge in [0.05, 0.1) is 6.61 Å². The second kappa shape index (κ2) is 9.88. The summed E-state index contributed by atoms with van der Waals surface area (Å²) >= 11 is 5.94. The maximum atomic E-state index is 11.9. The molecule has 25 heavy (non-hydrogen) atoms. The van der Waals surface area contributed by atoms with Crippen molar-refractivity contribution in [1.29, 1.82) is 0 Å². The molecule has 1 rings (SSSR count). The highest BCUT2D eigenvalue weighted by Gasteiger charge is 2.27. The fraction of sp³-hybridized carbons (Fsp3) is 0.471. The van der Waals surface area contributed by atoms with Gasteiger partial charge in [0.1, 0.15) is 5.75 Å². The number of primary amides is 1. The van der Waals surface area contributed by atoms with Crippen LogP contribution in [0.5, 0.6) is 5.75 Å². The minimum absolute atomic E-state index is 0.0830. The van der Waals surface area contributed by atoms with E-state index >= 15 is 0 Å². The number of carbonyl (C=O) groups excluding carboxylic acids is 3. The lowest BCUT2D eigenvalue weighted by Gasteiger charge is -2.19. The monoisotopic (exact) mass is 370 g/mol. The second-order valence-electron chi connectivity index (χ2n) is 5.87. The molecule has 8 heteroatoms. The fourth-order valence-corrected chi connectivity index (χ4v) is 2.12. The van der Waals surface area contributed by atoms with Gasteiger partial charge in [0.15, 0.2) is 6.10 Å². The molecule has 138 valence electrons. The average molecular weight is 371 g/mol. The number of benzene rings is 1. The average Bonchev–Trinajstić information content (AvgIpc) is 2.51. The number of hydrogen-bond donors (Lipinski definition) is 2. The molecule has 0 spiro atoms. The summed E-state index contributed by atoms with van der Waals surface area (Å²) in [4.78, 5) is 34.4. The largest absolute Gasteiger partial charge is 0.494 e. The van der Waals surface area contributed by atoms with Crippen LogP contribution < -0.4 is 15.8 Å². The number of amides is 3. The third kappa shape index (κ3) is 7.43. The Morgan fingerprint density at radius 2 is 1.96 bits per heavy atom. The van der Waals surface area contributed by atoms with Gasteiger partial charge in [-0.3, -0.25) is 14.9 Å². The first-order chi connectivity index (χ1) is 11.7. The van der Waals surface area contributed by atoms with Crippen LogP contribution in [0.25, 0.3) is 0 Å². The van der Waals surface area contributed by atoms with Gasteiger partial charge in [-0.15, -0.1) is 0 Å². The predicted octanol–water partition coefficient (Wildman–Crippen LogP) is 2.57. The maximum Gasteiger partial charge on any atom is 0.318 e. The second-order valence-corrected chi connectivity index (χ2v) is 6.28. The molecule has 0 unspecified atom stereocenters. The number of halogens is 1. The van der Waals surface area contributed by atoms with E-state index in [1.54, 1.807) is 26.0 Å². The quantitative estimate of drug-likeness (QED) is 0.540. The number of nitrogens with one attached hydrogen (secondary N) is 1. The van der Waals surface area contributed by atoms with Crippen molar-refractivity contribution in [2.75, 3.05) is 6.61 Å². The van der Waals surface area contributed by atoms with Crippen LogP contribution in [-0.2, 0) is 14.3 Å². The Hall–Kier alpha value is -2.28. The summed E-state index contributed by atoms with van der Waals surface area (Å²) in [5.74, 6) is -0.911. The maximum absolute atomic E-state index is 11.9. The van der Waals surface area contributed by atoms with Crippen molar-refractivity contribution in [3.05, 3.63) is 28.8 Å². The van der Waals surface area contributed by atoms with Crippen molar-refractivity contribution in [2.45, 2.75) is 39.7 Å². The topological polar surface area (TPSA) is 108 Å². The van der Waals surface area contributed by atoms with Crippen molar-refractivity contribution in [1.82, 2.24) is 5.32 Å². The Kier molecular flexibility index (Phi) is 8.21. The summed E-state index contributed by atoms with van der Waals surface area (Å²) in [6.45, 7) is 5.58. The predicted molar refractivity (Wildman–Crippen MR) is 93.4 cm³/mol. The minimum atomic E-state index is -1.07. The van der Waals surface area contributed by atoms with Gasteiger partial charge in [-0.25, -0.2) is 4.79 Å². The van der Waals surface area contributed by atoms with Crippen LogP contribution >= 0.6 is 11.6 Å². The number of carbonyl (C=O) groups is 3. The van der Waals surface area contributed by atoms with Gasteiger partial charge in [0.2, 0.25) is 0 Å². The molecule has 0 saturated carbocycles. The van der Waals surface area contributed by atoms with Gasteiger partial charge >= 0.3 is 12.0 Å². The zero-order chi connectivity index (χ0) is 19.0. The van der Waals surface area contributed by atoms with Crippen molar-refractivity contribution in [3.8, 4) is 5.75 Å². The molecule has 3 N–H and O–H groups in total. The first-order valence-corrected chi connectivity index (χ1v) is 8.27. The van der Waals surface area contributed by atoms with E-state index in [4.69, 9.17) is 26.8 Å². The van der Waals surface area contributed by atoms with Crippen molar-refractivity contribution >= 4 is 29.5 Å². The molecule has 3 amide bonds. The number of nitrogens with two attached hydrogens (primary N) is 1. The van der Waals surface area contributed by atoms with E-state index in [1.165, 1.54) is 0 Å². The number of rotatable bonds is 8. The highest BCUT2D eigenvalue weighted by molar-refractivity contribution is 6.31. The van der Waals surface area contributed by atoms with Gasteiger partial charge in [0.25, 0.3) is 5.91 Å². The molecular weight excluding hydrogens is 348 g/mol. The minimum Gasteiger partial charge on any atom is -0.494 e. The van der Waals surface area contributed by atoms with Gasteiger partial charge in [-0.2, -0.15) is 0 Å². The Morgan fingerprint density at radius 3 is 2.52 bits per heavy atom. The molecule has 0 radical (unpaired) electrons. The molecule has 1 aromatic rings. The summed E-state index contributed by atoms with van der Waals surface area (Å²) < 4.78 is 10.7.